The highest BCUT2D eigenvalue weighted by molar-refractivity contribution is 7.11. The number of amides is 1. The lowest BCUT2D eigenvalue weighted by Crippen LogP contribution is -2.28. The van der Waals surface area contributed by atoms with E-state index in [1.165, 1.54) is 22.8 Å². The first-order valence-corrected chi connectivity index (χ1v) is 6.16. The van der Waals surface area contributed by atoms with Gasteiger partial charge in [0.05, 0.1) is 5.69 Å². The van der Waals surface area contributed by atoms with Crippen molar-refractivity contribution in [3.05, 3.63) is 29.2 Å². The Morgan fingerprint density at radius 1 is 1.47 bits per heavy atom. The third-order valence-electron chi connectivity index (χ3n) is 2.71. The van der Waals surface area contributed by atoms with Gasteiger partial charge in [-0.3, -0.25) is 14.4 Å². The summed E-state index contributed by atoms with van der Waals surface area (Å²) in [5.41, 5.74) is 0.838. The van der Waals surface area contributed by atoms with E-state index in [2.05, 4.69) is 9.47 Å². The summed E-state index contributed by atoms with van der Waals surface area (Å²) in [6.45, 7) is 1.60. The average Bonchev–Trinajstić information content (AvgIpc) is 2.93. The van der Waals surface area contributed by atoms with Crippen molar-refractivity contribution >= 4 is 28.4 Å². The first-order valence-electron chi connectivity index (χ1n) is 5.39. The van der Waals surface area contributed by atoms with Gasteiger partial charge in [-0.25, -0.2) is 4.79 Å². The highest BCUT2D eigenvalue weighted by Gasteiger charge is 2.25. The molecule has 0 aromatic carbocycles. The number of nitrogens with zero attached hydrogens (tertiary/aromatic N) is 4. The van der Waals surface area contributed by atoms with Gasteiger partial charge >= 0.3 is 5.97 Å². The minimum absolute atomic E-state index is 0.0584. The minimum Gasteiger partial charge on any atom is -0.478 e. The first kappa shape index (κ1) is 13.2. The molecule has 7 nitrogen and oxygen atoms in total. The maximum atomic E-state index is 12.3. The van der Waals surface area contributed by atoms with Crippen LogP contribution in [0.2, 0.25) is 0 Å². The van der Waals surface area contributed by atoms with Crippen LogP contribution in [0.25, 0.3) is 0 Å². The Bertz CT molecular complexity index is 646. The second kappa shape index (κ2) is 4.81. The van der Waals surface area contributed by atoms with Crippen LogP contribution in [-0.2, 0) is 7.05 Å². The van der Waals surface area contributed by atoms with Crippen LogP contribution in [0.4, 0.5) is 5.00 Å². The van der Waals surface area contributed by atoms with Gasteiger partial charge in [-0.05, 0) is 24.5 Å². The summed E-state index contributed by atoms with van der Waals surface area (Å²) in [7, 11) is 3.17. The van der Waals surface area contributed by atoms with Crippen molar-refractivity contribution in [1.29, 1.82) is 0 Å². The predicted molar refractivity (Wildman–Crippen MR) is 69.8 cm³/mol. The molecular weight excluding hydrogens is 268 g/mol. The maximum absolute atomic E-state index is 12.3. The fraction of sp³-hybridized carbons (Fsp3) is 0.273. The van der Waals surface area contributed by atoms with E-state index in [0.29, 0.717) is 16.4 Å². The van der Waals surface area contributed by atoms with Crippen LogP contribution in [0.1, 0.15) is 26.5 Å². The normalized spacial score (nSPS) is 10.5. The largest absolute Gasteiger partial charge is 0.478 e. The molecular formula is C11H12N4O3S. The number of hydrogen-bond acceptors (Lipinski definition) is 5. The molecule has 8 heteroatoms. The van der Waals surface area contributed by atoms with Crippen molar-refractivity contribution in [3.8, 4) is 0 Å². The van der Waals surface area contributed by atoms with Crippen LogP contribution in [0, 0.1) is 6.92 Å². The second-order valence-electron chi connectivity index (χ2n) is 3.96. The van der Waals surface area contributed by atoms with E-state index in [1.807, 2.05) is 0 Å². The molecule has 0 saturated heterocycles. The molecule has 0 unspecified atom stereocenters. The second-order valence-corrected chi connectivity index (χ2v) is 4.71. The third kappa shape index (κ3) is 2.22. The first-order chi connectivity index (χ1) is 8.93. The number of anilines is 1. The number of rotatable bonds is 3. The van der Waals surface area contributed by atoms with Gasteiger partial charge in [0.15, 0.2) is 0 Å². The monoisotopic (exact) mass is 280 g/mol. The Hall–Kier alpha value is -2.22. The van der Waals surface area contributed by atoms with E-state index < -0.39 is 5.97 Å². The average molecular weight is 280 g/mol. The Kier molecular flexibility index (Phi) is 3.34. The fourth-order valence-corrected chi connectivity index (χ4v) is 2.53. The number of carbonyl (C=O) groups is 2. The van der Waals surface area contributed by atoms with Gasteiger partial charge in [-0.1, -0.05) is 0 Å². The number of aryl methyl sites for hydroxylation is 2. The van der Waals surface area contributed by atoms with E-state index in [1.54, 1.807) is 20.0 Å². The van der Waals surface area contributed by atoms with E-state index in [9.17, 15) is 9.59 Å². The van der Waals surface area contributed by atoms with E-state index >= 15 is 0 Å². The zero-order valence-electron chi connectivity index (χ0n) is 10.6. The lowest BCUT2D eigenvalue weighted by Gasteiger charge is -2.15. The summed E-state index contributed by atoms with van der Waals surface area (Å²) < 4.78 is 5.43. The molecule has 0 saturated carbocycles. The molecule has 0 spiro atoms. The van der Waals surface area contributed by atoms with Crippen molar-refractivity contribution < 1.29 is 14.7 Å². The molecule has 0 fully saturated rings. The van der Waals surface area contributed by atoms with Crippen LogP contribution >= 0.6 is 11.5 Å². The van der Waals surface area contributed by atoms with Crippen LogP contribution in [0.3, 0.4) is 0 Å². The zero-order valence-corrected chi connectivity index (χ0v) is 11.4. The smallest absolute Gasteiger partial charge is 0.340 e. The molecule has 0 aliphatic rings. The van der Waals surface area contributed by atoms with Crippen molar-refractivity contribution in [2.24, 2.45) is 7.05 Å². The molecule has 0 atom stereocenters. The topological polar surface area (TPSA) is 88.3 Å². The SMILES string of the molecule is Cc1nsc(N(C)C(=O)c2ccnn2C)c1C(=O)O. The summed E-state index contributed by atoms with van der Waals surface area (Å²) in [5.74, 6) is -1.42. The summed E-state index contributed by atoms with van der Waals surface area (Å²) in [4.78, 5) is 24.7. The van der Waals surface area contributed by atoms with Gasteiger partial charge in [-0.2, -0.15) is 9.47 Å². The molecule has 2 rings (SSSR count). The molecule has 0 radical (unpaired) electrons. The van der Waals surface area contributed by atoms with Crippen molar-refractivity contribution in [1.82, 2.24) is 14.2 Å². The van der Waals surface area contributed by atoms with Crippen molar-refractivity contribution in [2.75, 3.05) is 11.9 Å². The fourth-order valence-electron chi connectivity index (χ4n) is 1.68. The highest BCUT2D eigenvalue weighted by Crippen LogP contribution is 2.28. The van der Waals surface area contributed by atoms with Gasteiger partial charge < -0.3 is 5.11 Å². The summed E-state index contributed by atoms with van der Waals surface area (Å²) in [6, 6.07) is 1.58. The maximum Gasteiger partial charge on any atom is 0.340 e. The molecule has 2 aromatic rings. The van der Waals surface area contributed by atoms with Gasteiger partial charge in [0, 0.05) is 20.3 Å². The molecule has 0 bridgehead atoms. The Morgan fingerprint density at radius 2 is 2.16 bits per heavy atom. The molecule has 19 heavy (non-hydrogen) atoms. The molecule has 1 N–H and O–H groups in total. The molecule has 0 aliphatic heterocycles. The number of carboxylic acids is 1. The van der Waals surface area contributed by atoms with Crippen LogP contribution in [-0.4, -0.2) is 38.2 Å². The predicted octanol–water partition coefficient (Wildman–Crippen LogP) is 1.16. The molecule has 0 aliphatic carbocycles. The van der Waals surface area contributed by atoms with Crippen LogP contribution < -0.4 is 4.90 Å². The quantitative estimate of drug-likeness (QED) is 0.911. The van der Waals surface area contributed by atoms with Crippen molar-refractivity contribution in [3.63, 3.8) is 0 Å². The van der Waals surface area contributed by atoms with E-state index in [-0.39, 0.29) is 11.5 Å². The van der Waals surface area contributed by atoms with Gasteiger partial charge in [0.2, 0.25) is 0 Å². The molecule has 2 aromatic heterocycles. The summed E-state index contributed by atoms with van der Waals surface area (Å²) in [6.07, 6.45) is 1.51. The van der Waals surface area contributed by atoms with Crippen molar-refractivity contribution in [2.45, 2.75) is 6.92 Å². The Balaban J connectivity index is 2.40. The Labute approximate surface area is 113 Å². The molecule has 100 valence electrons. The lowest BCUT2D eigenvalue weighted by molar-refractivity contribution is 0.0697. The van der Waals surface area contributed by atoms with E-state index in [0.717, 1.165) is 11.5 Å². The number of hydrogen-bond donors (Lipinski definition) is 1. The summed E-state index contributed by atoms with van der Waals surface area (Å²) >= 11 is 0.989. The number of carboxylic acid groups (broad SMARTS) is 1. The number of aromatic nitrogens is 3. The van der Waals surface area contributed by atoms with Gasteiger partial charge in [-0.15, -0.1) is 0 Å². The zero-order chi connectivity index (χ0) is 14.2. The number of carbonyl (C=O) groups excluding carboxylic acids is 1. The molecule has 1 amide bonds. The highest BCUT2D eigenvalue weighted by atomic mass is 32.1. The Morgan fingerprint density at radius 3 is 2.68 bits per heavy atom. The minimum atomic E-state index is -1.09. The standard InChI is InChI=1S/C11H12N4O3S/c1-6-8(11(17)18)10(19-13-6)14(2)9(16)7-4-5-12-15(7)3/h4-5H,1-3H3,(H,17,18). The molecule has 2 heterocycles. The van der Waals surface area contributed by atoms with Crippen LogP contribution in [0.5, 0.6) is 0 Å². The van der Waals surface area contributed by atoms with Crippen LogP contribution in [0.15, 0.2) is 12.3 Å². The third-order valence-corrected chi connectivity index (χ3v) is 3.72. The van der Waals surface area contributed by atoms with E-state index in [4.69, 9.17) is 5.11 Å². The summed E-state index contributed by atoms with van der Waals surface area (Å²) in [5, 5.41) is 13.4. The lowest BCUT2D eigenvalue weighted by atomic mass is 10.2. The van der Waals surface area contributed by atoms with Gasteiger partial charge in [0.1, 0.15) is 16.3 Å². The number of aromatic carboxylic acids is 1. The van der Waals surface area contributed by atoms with Gasteiger partial charge in [0.25, 0.3) is 5.91 Å².